The summed E-state index contributed by atoms with van der Waals surface area (Å²) in [6.07, 6.45) is 16.4. The Balaban J connectivity index is 1.70. The molecule has 0 heterocycles. The van der Waals surface area contributed by atoms with E-state index >= 15 is 0 Å². The SMILES string of the molecule is CC(C)[C@@H](C)/C=C/[C@@H](C)[C@H]1CCC2=C3C=CC4=CC(=O)CC[C@]4(C)[C@@]3(O)CC[C@@]21C. The van der Waals surface area contributed by atoms with Crippen molar-refractivity contribution in [2.45, 2.75) is 85.7 Å². The molecule has 0 bridgehead atoms. The highest BCUT2D eigenvalue weighted by Crippen LogP contribution is 2.65. The molecule has 0 aromatic carbocycles. The summed E-state index contributed by atoms with van der Waals surface area (Å²) in [4.78, 5) is 12.0. The summed E-state index contributed by atoms with van der Waals surface area (Å²) in [5, 5.41) is 12.1. The molecule has 164 valence electrons. The first-order valence-electron chi connectivity index (χ1n) is 12.1. The van der Waals surface area contributed by atoms with E-state index in [0.29, 0.717) is 30.1 Å². The van der Waals surface area contributed by atoms with Gasteiger partial charge in [0.25, 0.3) is 0 Å². The zero-order valence-electron chi connectivity index (χ0n) is 19.8. The van der Waals surface area contributed by atoms with Crippen molar-refractivity contribution in [2.24, 2.45) is 34.5 Å². The van der Waals surface area contributed by atoms with Gasteiger partial charge in [-0.1, -0.05) is 71.4 Å². The largest absolute Gasteiger partial charge is 0.384 e. The van der Waals surface area contributed by atoms with Crippen molar-refractivity contribution in [3.05, 3.63) is 47.1 Å². The maximum absolute atomic E-state index is 12.1. The van der Waals surface area contributed by atoms with E-state index in [4.69, 9.17) is 0 Å². The average molecular weight is 409 g/mol. The van der Waals surface area contributed by atoms with E-state index in [9.17, 15) is 9.90 Å². The van der Waals surface area contributed by atoms with Crippen molar-refractivity contribution in [1.29, 1.82) is 0 Å². The summed E-state index contributed by atoms with van der Waals surface area (Å²) in [5.74, 6) is 2.66. The molecule has 0 aromatic heterocycles. The van der Waals surface area contributed by atoms with Gasteiger partial charge in [0.15, 0.2) is 5.78 Å². The van der Waals surface area contributed by atoms with Gasteiger partial charge in [-0.3, -0.25) is 4.79 Å². The zero-order chi connectivity index (χ0) is 21.9. The Morgan fingerprint density at radius 1 is 1.03 bits per heavy atom. The lowest BCUT2D eigenvalue weighted by Gasteiger charge is -2.56. The minimum absolute atomic E-state index is 0.165. The summed E-state index contributed by atoms with van der Waals surface area (Å²) in [5.41, 5.74) is 2.70. The third-order valence-electron chi connectivity index (χ3n) is 9.56. The molecule has 0 spiro atoms. The Bertz CT molecular complexity index is 856. The molecular formula is C28H40O2. The molecule has 1 saturated carbocycles. The molecule has 6 atom stereocenters. The van der Waals surface area contributed by atoms with Crippen molar-refractivity contribution in [3.8, 4) is 0 Å². The van der Waals surface area contributed by atoms with Crippen LogP contribution in [-0.4, -0.2) is 16.5 Å². The molecule has 30 heavy (non-hydrogen) atoms. The predicted octanol–water partition coefficient (Wildman–Crippen LogP) is 6.57. The van der Waals surface area contributed by atoms with Gasteiger partial charge in [0.05, 0.1) is 5.60 Å². The van der Waals surface area contributed by atoms with Crippen LogP contribution in [0.25, 0.3) is 0 Å². The van der Waals surface area contributed by atoms with E-state index in [2.05, 4.69) is 65.8 Å². The quantitative estimate of drug-likeness (QED) is 0.534. The zero-order valence-corrected chi connectivity index (χ0v) is 19.8. The lowest BCUT2D eigenvalue weighted by atomic mass is 9.51. The van der Waals surface area contributed by atoms with Crippen LogP contribution in [0.15, 0.2) is 47.1 Å². The van der Waals surface area contributed by atoms with Crippen LogP contribution in [0.3, 0.4) is 0 Å². The number of carbonyl (C=O) groups is 1. The predicted molar refractivity (Wildman–Crippen MR) is 124 cm³/mol. The molecule has 1 fully saturated rings. The summed E-state index contributed by atoms with van der Waals surface area (Å²) in [6, 6.07) is 0. The summed E-state index contributed by atoms with van der Waals surface area (Å²) < 4.78 is 0. The minimum Gasteiger partial charge on any atom is -0.384 e. The number of rotatable bonds is 4. The van der Waals surface area contributed by atoms with E-state index in [1.807, 2.05) is 0 Å². The van der Waals surface area contributed by atoms with Crippen LogP contribution in [-0.2, 0) is 4.79 Å². The Morgan fingerprint density at radius 2 is 1.77 bits per heavy atom. The number of allylic oxidation sites excluding steroid dienone is 5. The molecule has 0 saturated heterocycles. The maximum atomic E-state index is 12.1. The van der Waals surface area contributed by atoms with Crippen molar-refractivity contribution >= 4 is 5.78 Å². The van der Waals surface area contributed by atoms with Crippen LogP contribution in [0, 0.1) is 34.5 Å². The number of carbonyl (C=O) groups excluding carboxylic acids is 1. The van der Waals surface area contributed by atoms with Crippen molar-refractivity contribution in [1.82, 2.24) is 0 Å². The second kappa shape index (κ2) is 7.33. The second-order valence-electron chi connectivity index (χ2n) is 11.4. The second-order valence-corrected chi connectivity index (χ2v) is 11.4. The topological polar surface area (TPSA) is 37.3 Å². The van der Waals surface area contributed by atoms with Crippen molar-refractivity contribution < 1.29 is 9.90 Å². The Hall–Kier alpha value is -1.41. The summed E-state index contributed by atoms with van der Waals surface area (Å²) >= 11 is 0. The molecule has 0 aromatic rings. The molecule has 4 aliphatic rings. The number of aliphatic hydroxyl groups is 1. The van der Waals surface area contributed by atoms with E-state index < -0.39 is 5.60 Å². The molecule has 1 N–H and O–H groups in total. The first kappa shape index (κ1) is 21.8. The van der Waals surface area contributed by atoms with Crippen LogP contribution < -0.4 is 0 Å². The third kappa shape index (κ3) is 3.05. The molecule has 0 aliphatic heterocycles. The number of hydrogen-bond acceptors (Lipinski definition) is 2. The number of hydrogen-bond donors (Lipinski definition) is 1. The molecule has 0 radical (unpaired) electrons. The fourth-order valence-electron chi connectivity index (χ4n) is 6.87. The van der Waals surface area contributed by atoms with Gasteiger partial charge in [-0.05, 0) is 78.4 Å². The average Bonchev–Trinajstić information content (AvgIpc) is 3.04. The molecule has 2 nitrogen and oxygen atoms in total. The van der Waals surface area contributed by atoms with Crippen molar-refractivity contribution in [3.63, 3.8) is 0 Å². The fourth-order valence-corrected chi connectivity index (χ4v) is 6.87. The molecule has 2 heteroatoms. The standard InChI is InChI=1S/C28H40O2/c1-18(2)19(3)7-8-20(4)23-11-12-24-25-10-9-21-17-22(29)13-14-27(21,6)28(25,30)16-15-26(23,24)5/h7-10,17-20,23,30H,11-16H2,1-6H3/b8-7+/t19-,20+,23+,26+,27-,28+/m0/s1. The van der Waals surface area contributed by atoms with Gasteiger partial charge in [0.2, 0.25) is 0 Å². The van der Waals surface area contributed by atoms with Crippen LogP contribution >= 0.6 is 0 Å². The highest BCUT2D eigenvalue weighted by atomic mass is 16.3. The van der Waals surface area contributed by atoms with Crippen molar-refractivity contribution in [2.75, 3.05) is 0 Å². The van der Waals surface area contributed by atoms with Gasteiger partial charge in [0.1, 0.15) is 0 Å². The third-order valence-corrected chi connectivity index (χ3v) is 9.56. The molecular weight excluding hydrogens is 368 g/mol. The minimum atomic E-state index is -0.830. The van der Waals surface area contributed by atoms with Gasteiger partial charge in [0, 0.05) is 11.8 Å². The highest BCUT2D eigenvalue weighted by Gasteiger charge is 2.60. The Kier molecular flexibility index (Phi) is 5.33. The van der Waals surface area contributed by atoms with Crippen LogP contribution in [0.1, 0.15) is 80.1 Å². The van der Waals surface area contributed by atoms with Gasteiger partial charge in [-0.15, -0.1) is 0 Å². The monoisotopic (exact) mass is 408 g/mol. The Labute approximate surface area is 183 Å². The molecule has 4 rings (SSSR count). The lowest BCUT2D eigenvalue weighted by Crippen LogP contribution is -2.55. The Morgan fingerprint density at radius 3 is 2.47 bits per heavy atom. The van der Waals surface area contributed by atoms with Gasteiger partial charge < -0.3 is 5.11 Å². The van der Waals surface area contributed by atoms with Gasteiger partial charge >= 0.3 is 0 Å². The first-order valence-corrected chi connectivity index (χ1v) is 12.1. The van der Waals surface area contributed by atoms with E-state index in [0.717, 1.165) is 31.3 Å². The van der Waals surface area contributed by atoms with Crippen LogP contribution in [0.5, 0.6) is 0 Å². The lowest BCUT2D eigenvalue weighted by molar-refractivity contribution is -0.118. The number of ketones is 1. The first-order chi connectivity index (χ1) is 14.0. The van der Waals surface area contributed by atoms with Gasteiger partial charge in [-0.25, -0.2) is 0 Å². The molecule has 0 amide bonds. The normalized spacial score (nSPS) is 40.3. The van der Waals surface area contributed by atoms with E-state index in [-0.39, 0.29) is 16.6 Å². The fraction of sp³-hybridized carbons (Fsp3) is 0.679. The van der Waals surface area contributed by atoms with E-state index in [1.54, 1.807) is 6.08 Å². The van der Waals surface area contributed by atoms with Crippen LogP contribution in [0.2, 0.25) is 0 Å². The smallest absolute Gasteiger partial charge is 0.156 e. The van der Waals surface area contributed by atoms with Gasteiger partial charge in [-0.2, -0.15) is 0 Å². The highest BCUT2D eigenvalue weighted by molar-refractivity contribution is 5.92. The van der Waals surface area contributed by atoms with E-state index in [1.165, 1.54) is 17.6 Å². The van der Waals surface area contributed by atoms with Crippen LogP contribution in [0.4, 0.5) is 0 Å². The molecule has 0 unspecified atom stereocenters. The number of fused-ring (bicyclic) bond motifs is 4. The summed E-state index contributed by atoms with van der Waals surface area (Å²) in [7, 11) is 0. The maximum Gasteiger partial charge on any atom is 0.156 e. The summed E-state index contributed by atoms with van der Waals surface area (Å²) in [6.45, 7) is 13.9. The molecule has 4 aliphatic carbocycles.